The van der Waals surface area contributed by atoms with E-state index in [1.165, 1.54) is 0 Å². The Morgan fingerprint density at radius 3 is 3.05 bits per heavy atom. The second kappa shape index (κ2) is 6.58. The van der Waals surface area contributed by atoms with Crippen LogP contribution in [0.1, 0.15) is 18.9 Å². The number of carbonyl (C=O) groups is 2. The Labute approximate surface area is 124 Å². The van der Waals surface area contributed by atoms with E-state index in [0.717, 1.165) is 17.8 Å². The van der Waals surface area contributed by atoms with Crippen molar-refractivity contribution in [3.8, 4) is 0 Å². The second-order valence-corrected chi connectivity index (χ2v) is 5.32. The third-order valence-electron chi connectivity index (χ3n) is 3.90. The van der Waals surface area contributed by atoms with Crippen LogP contribution < -0.4 is 16.4 Å². The van der Waals surface area contributed by atoms with Crippen molar-refractivity contribution in [1.29, 1.82) is 0 Å². The van der Waals surface area contributed by atoms with Crippen molar-refractivity contribution >= 4 is 23.2 Å². The van der Waals surface area contributed by atoms with Gasteiger partial charge in [0.05, 0.1) is 6.04 Å². The highest BCUT2D eigenvalue weighted by atomic mass is 16.2. The Morgan fingerprint density at radius 1 is 1.52 bits per heavy atom. The number of nitrogens with one attached hydrogen (secondary N) is 2. The van der Waals surface area contributed by atoms with Crippen LogP contribution in [-0.2, 0) is 9.59 Å². The number of rotatable bonds is 4. The lowest BCUT2D eigenvalue weighted by Crippen LogP contribution is -2.54. The summed E-state index contributed by atoms with van der Waals surface area (Å²) in [6.07, 6.45) is 0.353. The number of benzene rings is 1. The SMILES string of the molecule is Cc1c(N)cccc1NC(=O)CCN1CCNC(=O)C1C. The Balaban J connectivity index is 1.87. The minimum atomic E-state index is -0.180. The van der Waals surface area contributed by atoms with Gasteiger partial charge in [0.15, 0.2) is 0 Å². The number of nitrogens with two attached hydrogens (primary N) is 1. The Morgan fingerprint density at radius 2 is 2.29 bits per heavy atom. The maximum absolute atomic E-state index is 12.0. The van der Waals surface area contributed by atoms with Crippen molar-refractivity contribution in [1.82, 2.24) is 10.2 Å². The van der Waals surface area contributed by atoms with Crippen molar-refractivity contribution in [2.45, 2.75) is 26.3 Å². The average Bonchev–Trinajstić information content (AvgIpc) is 2.45. The van der Waals surface area contributed by atoms with E-state index in [1.54, 1.807) is 6.07 Å². The zero-order chi connectivity index (χ0) is 15.4. The van der Waals surface area contributed by atoms with Gasteiger partial charge in [-0.15, -0.1) is 0 Å². The van der Waals surface area contributed by atoms with E-state index in [-0.39, 0.29) is 17.9 Å². The molecule has 1 unspecified atom stereocenters. The van der Waals surface area contributed by atoms with Crippen LogP contribution in [-0.4, -0.2) is 42.4 Å². The molecule has 1 atom stereocenters. The highest BCUT2D eigenvalue weighted by Gasteiger charge is 2.25. The number of anilines is 2. The van der Waals surface area contributed by atoms with Gasteiger partial charge < -0.3 is 16.4 Å². The summed E-state index contributed by atoms with van der Waals surface area (Å²) in [5, 5.41) is 5.68. The molecule has 1 aromatic carbocycles. The fourth-order valence-electron chi connectivity index (χ4n) is 2.38. The van der Waals surface area contributed by atoms with Crippen molar-refractivity contribution < 1.29 is 9.59 Å². The first kappa shape index (κ1) is 15.3. The molecule has 2 amide bonds. The largest absolute Gasteiger partial charge is 0.398 e. The van der Waals surface area contributed by atoms with E-state index < -0.39 is 0 Å². The molecular formula is C15H22N4O2. The summed E-state index contributed by atoms with van der Waals surface area (Å²) >= 11 is 0. The van der Waals surface area contributed by atoms with Gasteiger partial charge >= 0.3 is 0 Å². The average molecular weight is 290 g/mol. The lowest BCUT2D eigenvalue weighted by Gasteiger charge is -2.32. The number of nitrogens with zero attached hydrogens (tertiary/aromatic N) is 1. The van der Waals surface area contributed by atoms with Crippen LogP contribution in [0.3, 0.4) is 0 Å². The summed E-state index contributed by atoms with van der Waals surface area (Å²) in [7, 11) is 0. The molecular weight excluding hydrogens is 268 g/mol. The number of carbonyl (C=O) groups excluding carboxylic acids is 2. The molecule has 1 aliphatic heterocycles. The molecule has 0 bridgehead atoms. The van der Waals surface area contributed by atoms with Crippen molar-refractivity contribution in [3.63, 3.8) is 0 Å². The summed E-state index contributed by atoms with van der Waals surface area (Å²) in [4.78, 5) is 25.6. The molecule has 1 heterocycles. The molecule has 1 aliphatic rings. The van der Waals surface area contributed by atoms with E-state index in [2.05, 4.69) is 10.6 Å². The highest BCUT2D eigenvalue weighted by molar-refractivity contribution is 5.92. The maximum Gasteiger partial charge on any atom is 0.237 e. The molecule has 4 N–H and O–H groups in total. The van der Waals surface area contributed by atoms with E-state index in [0.29, 0.717) is 25.2 Å². The third-order valence-corrected chi connectivity index (χ3v) is 3.90. The summed E-state index contributed by atoms with van der Waals surface area (Å²) < 4.78 is 0. The molecule has 0 saturated carbocycles. The minimum Gasteiger partial charge on any atom is -0.398 e. The molecule has 1 aromatic rings. The van der Waals surface area contributed by atoms with Gasteiger partial charge in [-0.2, -0.15) is 0 Å². The Hall–Kier alpha value is -2.08. The van der Waals surface area contributed by atoms with Gasteiger partial charge in [0.25, 0.3) is 0 Å². The van der Waals surface area contributed by atoms with Crippen LogP contribution >= 0.6 is 0 Å². The fourth-order valence-corrected chi connectivity index (χ4v) is 2.38. The predicted molar refractivity (Wildman–Crippen MR) is 82.9 cm³/mol. The lowest BCUT2D eigenvalue weighted by atomic mass is 10.1. The van der Waals surface area contributed by atoms with Crippen molar-refractivity contribution in [2.24, 2.45) is 0 Å². The van der Waals surface area contributed by atoms with Crippen LogP contribution in [0.5, 0.6) is 0 Å². The Bertz CT molecular complexity index is 544. The number of hydrogen-bond donors (Lipinski definition) is 3. The van der Waals surface area contributed by atoms with Gasteiger partial charge in [0.2, 0.25) is 11.8 Å². The molecule has 1 fully saturated rings. The van der Waals surface area contributed by atoms with E-state index in [4.69, 9.17) is 5.73 Å². The first-order valence-electron chi connectivity index (χ1n) is 7.15. The molecule has 0 aliphatic carbocycles. The summed E-state index contributed by atoms with van der Waals surface area (Å²) in [5.74, 6) is -0.0461. The van der Waals surface area contributed by atoms with Gasteiger partial charge in [0, 0.05) is 37.4 Å². The quantitative estimate of drug-likeness (QED) is 0.713. The second-order valence-electron chi connectivity index (χ2n) is 5.32. The van der Waals surface area contributed by atoms with E-state index in [9.17, 15) is 9.59 Å². The number of amides is 2. The van der Waals surface area contributed by atoms with Crippen LogP contribution in [0.2, 0.25) is 0 Å². The van der Waals surface area contributed by atoms with Crippen LogP contribution in [0.15, 0.2) is 18.2 Å². The van der Waals surface area contributed by atoms with Gasteiger partial charge in [-0.05, 0) is 31.5 Å². The van der Waals surface area contributed by atoms with Crippen LogP contribution in [0.4, 0.5) is 11.4 Å². The standard InChI is InChI=1S/C15H22N4O2/c1-10-12(16)4-3-5-13(10)18-14(20)6-8-19-9-7-17-15(21)11(19)2/h3-5,11H,6-9,16H2,1-2H3,(H,17,21)(H,18,20). The first-order chi connectivity index (χ1) is 9.99. The van der Waals surface area contributed by atoms with Gasteiger partial charge in [-0.3, -0.25) is 14.5 Å². The molecule has 6 nitrogen and oxygen atoms in total. The maximum atomic E-state index is 12.0. The van der Waals surface area contributed by atoms with Gasteiger partial charge in [0.1, 0.15) is 0 Å². The molecule has 21 heavy (non-hydrogen) atoms. The van der Waals surface area contributed by atoms with E-state index in [1.807, 2.05) is 30.9 Å². The Kier molecular flexibility index (Phi) is 4.80. The zero-order valence-electron chi connectivity index (χ0n) is 12.5. The van der Waals surface area contributed by atoms with Gasteiger partial charge in [-0.25, -0.2) is 0 Å². The van der Waals surface area contributed by atoms with Gasteiger partial charge in [-0.1, -0.05) is 6.07 Å². The molecule has 114 valence electrons. The number of piperazine rings is 1. The molecule has 6 heteroatoms. The molecule has 1 saturated heterocycles. The molecule has 2 rings (SSSR count). The first-order valence-corrected chi connectivity index (χ1v) is 7.15. The lowest BCUT2D eigenvalue weighted by molar-refractivity contribution is -0.129. The monoisotopic (exact) mass is 290 g/mol. The predicted octanol–water partition coefficient (Wildman–Crippen LogP) is 0.726. The van der Waals surface area contributed by atoms with Crippen molar-refractivity contribution in [3.05, 3.63) is 23.8 Å². The minimum absolute atomic E-state index is 0.0216. The summed E-state index contributed by atoms with van der Waals surface area (Å²) in [5.41, 5.74) is 8.09. The third kappa shape index (κ3) is 3.72. The zero-order valence-corrected chi connectivity index (χ0v) is 12.5. The molecule has 0 spiro atoms. The molecule has 0 aromatic heterocycles. The van der Waals surface area contributed by atoms with Crippen LogP contribution in [0.25, 0.3) is 0 Å². The smallest absolute Gasteiger partial charge is 0.237 e. The van der Waals surface area contributed by atoms with E-state index >= 15 is 0 Å². The summed E-state index contributed by atoms with van der Waals surface area (Å²) in [6.45, 7) is 5.72. The normalized spacial score (nSPS) is 19.1. The summed E-state index contributed by atoms with van der Waals surface area (Å²) in [6, 6.07) is 5.27. The van der Waals surface area contributed by atoms with Crippen molar-refractivity contribution in [2.75, 3.05) is 30.7 Å². The fraction of sp³-hybridized carbons (Fsp3) is 0.467. The highest BCUT2D eigenvalue weighted by Crippen LogP contribution is 2.20. The number of hydrogen-bond acceptors (Lipinski definition) is 4. The topological polar surface area (TPSA) is 87.5 Å². The molecule has 0 radical (unpaired) electrons. The van der Waals surface area contributed by atoms with Crippen LogP contribution in [0, 0.1) is 6.92 Å². The number of nitrogen functional groups attached to an aromatic ring is 1.